The first-order valence-electron chi connectivity index (χ1n) is 6.96. The number of nitro benzene ring substituents is 1. The molecular formula is C14H19BrN2O4. The monoisotopic (exact) mass is 358 g/mol. The van der Waals surface area contributed by atoms with Crippen molar-refractivity contribution < 1.29 is 14.4 Å². The second-order valence-corrected chi connectivity index (χ2v) is 5.85. The van der Waals surface area contributed by atoms with Crippen LogP contribution in [0, 0.1) is 10.1 Å². The average molecular weight is 359 g/mol. The van der Waals surface area contributed by atoms with E-state index < -0.39 is 4.92 Å². The Bertz CT molecular complexity index is 512. The van der Waals surface area contributed by atoms with Crippen LogP contribution in [0.15, 0.2) is 22.7 Å². The number of non-ortho nitro benzene ring substituents is 1. The van der Waals surface area contributed by atoms with Crippen molar-refractivity contribution in [1.29, 1.82) is 0 Å². The second-order valence-electron chi connectivity index (χ2n) is 4.99. The van der Waals surface area contributed by atoms with Crippen molar-refractivity contribution in [3.8, 4) is 5.75 Å². The van der Waals surface area contributed by atoms with E-state index in [-0.39, 0.29) is 23.9 Å². The minimum atomic E-state index is -0.429. The van der Waals surface area contributed by atoms with Gasteiger partial charge in [0.1, 0.15) is 18.0 Å². The highest BCUT2D eigenvalue weighted by atomic mass is 79.9. The van der Waals surface area contributed by atoms with E-state index in [0.29, 0.717) is 16.8 Å². The van der Waals surface area contributed by atoms with Gasteiger partial charge in [0, 0.05) is 25.1 Å². The zero-order valence-corrected chi connectivity index (χ0v) is 13.6. The van der Waals surface area contributed by atoms with Crippen LogP contribution in [0.5, 0.6) is 5.75 Å². The number of benzene rings is 1. The molecule has 1 aliphatic rings. The third-order valence-corrected chi connectivity index (χ3v) is 4.19. The van der Waals surface area contributed by atoms with Gasteiger partial charge < -0.3 is 14.8 Å². The maximum absolute atomic E-state index is 10.8. The molecule has 1 fully saturated rings. The molecule has 21 heavy (non-hydrogen) atoms. The highest BCUT2D eigenvalue weighted by Gasteiger charge is 2.43. The summed E-state index contributed by atoms with van der Waals surface area (Å²) in [6, 6.07) is 4.77. The smallest absolute Gasteiger partial charge is 0.273 e. The Morgan fingerprint density at radius 2 is 2.29 bits per heavy atom. The van der Waals surface area contributed by atoms with E-state index in [0.717, 1.165) is 12.8 Å². The zero-order chi connectivity index (χ0) is 15.4. The summed E-state index contributed by atoms with van der Waals surface area (Å²) < 4.78 is 12.4. The molecule has 0 spiro atoms. The molecule has 3 unspecified atom stereocenters. The van der Waals surface area contributed by atoms with Crippen LogP contribution < -0.4 is 10.1 Å². The Morgan fingerprint density at radius 1 is 1.52 bits per heavy atom. The normalized spacial score (nSPS) is 24.4. The average Bonchev–Trinajstić information content (AvgIpc) is 2.44. The van der Waals surface area contributed by atoms with Gasteiger partial charge in [-0.3, -0.25) is 10.1 Å². The number of likely N-dealkylation sites (N-methyl/N-ethyl adjacent to an activating group) is 1. The number of halogens is 1. The zero-order valence-electron chi connectivity index (χ0n) is 12.0. The first kappa shape index (κ1) is 16.2. The first-order chi connectivity index (χ1) is 10.1. The molecule has 0 saturated heterocycles. The molecule has 3 atom stereocenters. The van der Waals surface area contributed by atoms with Crippen LogP contribution in [0.3, 0.4) is 0 Å². The summed E-state index contributed by atoms with van der Waals surface area (Å²) in [5, 5.41) is 14.0. The second kappa shape index (κ2) is 7.20. The van der Waals surface area contributed by atoms with Gasteiger partial charge in [-0.05, 0) is 35.5 Å². The van der Waals surface area contributed by atoms with Gasteiger partial charge in [-0.15, -0.1) is 0 Å². The van der Waals surface area contributed by atoms with Gasteiger partial charge in [-0.25, -0.2) is 0 Å². The van der Waals surface area contributed by atoms with E-state index in [4.69, 9.17) is 9.47 Å². The lowest BCUT2D eigenvalue weighted by Gasteiger charge is -2.43. The summed E-state index contributed by atoms with van der Waals surface area (Å²) >= 11 is 3.36. The van der Waals surface area contributed by atoms with Crippen molar-refractivity contribution in [1.82, 2.24) is 5.32 Å². The first-order valence-corrected chi connectivity index (χ1v) is 7.75. The van der Waals surface area contributed by atoms with Gasteiger partial charge in [-0.2, -0.15) is 0 Å². The van der Waals surface area contributed by atoms with Crippen molar-refractivity contribution in [3.05, 3.63) is 32.8 Å². The van der Waals surface area contributed by atoms with Crippen LogP contribution in [0.4, 0.5) is 5.69 Å². The SMILES string of the molecule is CCCOC1C(NC)CC1Oc1cc([N+](=O)[O-])ccc1Br. The quantitative estimate of drug-likeness (QED) is 0.599. The molecule has 1 aliphatic carbocycles. The lowest BCUT2D eigenvalue weighted by atomic mass is 9.85. The molecule has 0 bridgehead atoms. The van der Waals surface area contributed by atoms with Gasteiger partial charge in [-0.1, -0.05) is 6.92 Å². The minimum absolute atomic E-state index is 0.0173. The number of nitro groups is 1. The summed E-state index contributed by atoms with van der Waals surface area (Å²) in [6.07, 6.45) is 1.65. The minimum Gasteiger partial charge on any atom is -0.486 e. The molecule has 0 radical (unpaired) electrons. The molecule has 0 heterocycles. The number of nitrogens with one attached hydrogen (secondary N) is 1. The molecule has 2 rings (SSSR count). The summed E-state index contributed by atoms with van der Waals surface area (Å²) in [7, 11) is 1.90. The van der Waals surface area contributed by atoms with Crippen molar-refractivity contribution in [3.63, 3.8) is 0 Å². The van der Waals surface area contributed by atoms with E-state index in [1.165, 1.54) is 12.1 Å². The van der Waals surface area contributed by atoms with Crippen LogP contribution in [0.1, 0.15) is 19.8 Å². The molecule has 6 nitrogen and oxygen atoms in total. The van der Waals surface area contributed by atoms with E-state index in [1.807, 2.05) is 7.05 Å². The molecule has 116 valence electrons. The van der Waals surface area contributed by atoms with Gasteiger partial charge in [0.15, 0.2) is 0 Å². The van der Waals surface area contributed by atoms with Gasteiger partial charge in [0.2, 0.25) is 0 Å². The molecule has 1 aromatic rings. The van der Waals surface area contributed by atoms with E-state index >= 15 is 0 Å². The molecule has 1 aromatic carbocycles. The lowest BCUT2D eigenvalue weighted by molar-refractivity contribution is -0.385. The summed E-state index contributed by atoms with van der Waals surface area (Å²) in [6.45, 7) is 2.73. The van der Waals surface area contributed by atoms with E-state index in [2.05, 4.69) is 28.2 Å². The van der Waals surface area contributed by atoms with E-state index in [1.54, 1.807) is 6.07 Å². The summed E-state index contributed by atoms with van der Waals surface area (Å²) in [5.74, 6) is 0.480. The predicted octanol–water partition coefficient (Wildman–Crippen LogP) is 2.89. The number of hydrogen-bond acceptors (Lipinski definition) is 5. The van der Waals surface area contributed by atoms with Gasteiger partial charge in [0.05, 0.1) is 15.5 Å². The van der Waals surface area contributed by atoms with Gasteiger partial charge >= 0.3 is 0 Å². The van der Waals surface area contributed by atoms with Crippen LogP contribution in [-0.4, -0.2) is 36.8 Å². The molecular weight excluding hydrogens is 340 g/mol. The third-order valence-electron chi connectivity index (χ3n) is 3.54. The summed E-state index contributed by atoms with van der Waals surface area (Å²) in [4.78, 5) is 10.4. The topological polar surface area (TPSA) is 73.6 Å². The molecule has 7 heteroatoms. The molecule has 1 saturated carbocycles. The Kier molecular flexibility index (Phi) is 5.55. The fourth-order valence-electron chi connectivity index (χ4n) is 2.32. The van der Waals surface area contributed by atoms with Crippen molar-refractivity contribution >= 4 is 21.6 Å². The molecule has 0 aromatic heterocycles. The predicted molar refractivity (Wildman–Crippen MR) is 82.7 cm³/mol. The third kappa shape index (κ3) is 3.72. The maximum atomic E-state index is 10.8. The number of rotatable bonds is 7. The largest absolute Gasteiger partial charge is 0.486 e. The van der Waals surface area contributed by atoms with Crippen LogP contribution in [-0.2, 0) is 4.74 Å². The maximum Gasteiger partial charge on any atom is 0.273 e. The Hall–Kier alpha value is -1.18. The molecule has 0 amide bonds. The van der Waals surface area contributed by atoms with Crippen LogP contribution >= 0.6 is 15.9 Å². The molecule has 1 N–H and O–H groups in total. The highest BCUT2D eigenvalue weighted by molar-refractivity contribution is 9.10. The lowest BCUT2D eigenvalue weighted by Crippen LogP contribution is -2.60. The van der Waals surface area contributed by atoms with Crippen LogP contribution in [0.2, 0.25) is 0 Å². The fraction of sp³-hybridized carbons (Fsp3) is 0.571. The van der Waals surface area contributed by atoms with Crippen molar-refractivity contribution in [2.24, 2.45) is 0 Å². The Balaban J connectivity index is 2.07. The summed E-state index contributed by atoms with van der Waals surface area (Å²) in [5.41, 5.74) is 0.0173. The van der Waals surface area contributed by atoms with Crippen molar-refractivity contribution in [2.45, 2.75) is 38.0 Å². The Labute approximate surface area is 132 Å². The fourth-order valence-corrected chi connectivity index (χ4v) is 2.66. The number of ether oxygens (including phenoxy) is 2. The van der Waals surface area contributed by atoms with Crippen LogP contribution in [0.25, 0.3) is 0 Å². The van der Waals surface area contributed by atoms with Gasteiger partial charge in [0.25, 0.3) is 5.69 Å². The Morgan fingerprint density at radius 3 is 2.90 bits per heavy atom. The molecule has 0 aliphatic heterocycles. The standard InChI is InChI=1S/C14H19BrN2O4/c1-3-6-20-14-11(16-2)8-13(14)21-12-7-9(17(18)19)4-5-10(12)15/h4-5,7,11,13-14,16H,3,6,8H2,1-2H3. The number of nitrogens with zero attached hydrogens (tertiary/aromatic N) is 1. The van der Waals surface area contributed by atoms with Crippen molar-refractivity contribution in [2.75, 3.05) is 13.7 Å². The highest BCUT2D eigenvalue weighted by Crippen LogP contribution is 2.35. The van der Waals surface area contributed by atoms with E-state index in [9.17, 15) is 10.1 Å². The number of hydrogen-bond donors (Lipinski definition) is 1.